The fourth-order valence-corrected chi connectivity index (χ4v) is 4.46. The van der Waals surface area contributed by atoms with E-state index in [4.69, 9.17) is 0 Å². The van der Waals surface area contributed by atoms with Crippen molar-refractivity contribution in [1.82, 2.24) is 0 Å². The first kappa shape index (κ1) is 15.8. The maximum Gasteiger partial charge on any atom is 0.0713 e. The lowest BCUT2D eigenvalue weighted by Crippen LogP contribution is -2.29. The lowest BCUT2D eigenvalue weighted by atomic mass is 9.65. The Kier molecular flexibility index (Phi) is 3.76. The topological polar surface area (TPSA) is 0 Å². The molecule has 1 aliphatic rings. The smallest absolute Gasteiger partial charge is 0.0622 e. The van der Waals surface area contributed by atoms with Crippen LogP contribution in [0, 0.1) is 0 Å². The van der Waals surface area contributed by atoms with Crippen molar-refractivity contribution in [2.45, 2.75) is 5.41 Å². The van der Waals surface area contributed by atoms with Crippen LogP contribution in [0.2, 0.25) is 0 Å². The third-order valence-electron chi connectivity index (χ3n) is 5.57. The minimum absolute atomic E-state index is 0.305. The minimum atomic E-state index is -0.305. The van der Waals surface area contributed by atoms with E-state index >= 15 is 0 Å². The summed E-state index contributed by atoms with van der Waals surface area (Å²) in [6.45, 7) is 0. The van der Waals surface area contributed by atoms with Crippen molar-refractivity contribution in [1.29, 1.82) is 0 Å². The molecule has 0 fully saturated rings. The van der Waals surface area contributed by atoms with Crippen LogP contribution in [0.1, 0.15) is 27.8 Å². The molecule has 0 aliphatic heterocycles. The zero-order valence-electron chi connectivity index (χ0n) is 15.0. The van der Waals surface area contributed by atoms with Gasteiger partial charge in [0, 0.05) is 0 Å². The summed E-state index contributed by atoms with van der Waals surface area (Å²) in [4.78, 5) is 0. The second-order valence-corrected chi connectivity index (χ2v) is 6.99. The van der Waals surface area contributed by atoms with Gasteiger partial charge in [-0.25, -0.2) is 0 Å². The summed E-state index contributed by atoms with van der Waals surface area (Å²) in [5, 5.41) is 0. The highest BCUT2D eigenvalue weighted by molar-refractivity contribution is 5.99. The van der Waals surface area contributed by atoms with Gasteiger partial charge in [0.1, 0.15) is 0 Å². The molecule has 0 bridgehead atoms. The number of allylic oxidation sites excluding steroid dienone is 1. The molecule has 27 heavy (non-hydrogen) atoms. The quantitative estimate of drug-likeness (QED) is 0.394. The molecule has 0 N–H and O–H groups in total. The first-order chi connectivity index (χ1) is 13.4. The Morgan fingerprint density at radius 3 is 1.52 bits per heavy atom. The van der Waals surface area contributed by atoms with Crippen molar-refractivity contribution in [2.24, 2.45) is 0 Å². The molecule has 4 aromatic rings. The lowest BCUT2D eigenvalue weighted by Gasteiger charge is -2.36. The predicted molar refractivity (Wildman–Crippen MR) is 114 cm³/mol. The van der Waals surface area contributed by atoms with Gasteiger partial charge < -0.3 is 0 Å². The van der Waals surface area contributed by atoms with Crippen LogP contribution in [0.4, 0.5) is 0 Å². The molecule has 0 aromatic heterocycles. The zero-order chi connectivity index (χ0) is 18.1. The number of rotatable bonds is 3. The van der Waals surface area contributed by atoms with Crippen molar-refractivity contribution in [3.63, 3.8) is 0 Å². The fourth-order valence-electron chi connectivity index (χ4n) is 4.46. The third-order valence-corrected chi connectivity index (χ3v) is 5.57. The van der Waals surface area contributed by atoms with Crippen LogP contribution in [-0.2, 0) is 5.41 Å². The maximum atomic E-state index is 2.37. The van der Waals surface area contributed by atoms with Gasteiger partial charge in [0.2, 0.25) is 0 Å². The largest absolute Gasteiger partial charge is 0.0713 e. The van der Waals surface area contributed by atoms with Crippen LogP contribution in [-0.4, -0.2) is 0 Å². The summed E-state index contributed by atoms with van der Waals surface area (Å²) in [7, 11) is 0. The molecule has 0 nitrogen and oxygen atoms in total. The van der Waals surface area contributed by atoms with Gasteiger partial charge in [-0.05, 0) is 39.5 Å². The van der Waals surface area contributed by atoms with Crippen molar-refractivity contribution < 1.29 is 0 Å². The summed E-state index contributed by atoms with van der Waals surface area (Å²) in [6, 6.07) is 41.3. The van der Waals surface area contributed by atoms with Gasteiger partial charge in [0.15, 0.2) is 0 Å². The fraction of sp³-hybridized carbons (Fsp3) is 0.0370. The Morgan fingerprint density at radius 1 is 0.444 bits per heavy atom. The molecule has 0 amide bonds. The first-order valence-corrected chi connectivity index (χ1v) is 9.39. The van der Waals surface area contributed by atoms with E-state index in [-0.39, 0.29) is 5.41 Å². The number of hydrogen-bond donors (Lipinski definition) is 0. The molecular weight excluding hydrogens is 324 g/mol. The molecule has 0 radical (unpaired) electrons. The second kappa shape index (κ2) is 6.41. The van der Waals surface area contributed by atoms with Gasteiger partial charge in [0.25, 0.3) is 0 Å². The molecule has 0 saturated heterocycles. The Balaban J connectivity index is 1.91. The van der Waals surface area contributed by atoms with Crippen molar-refractivity contribution in [3.05, 3.63) is 143 Å². The Bertz CT molecular complexity index is 1050. The maximum absolute atomic E-state index is 2.37. The van der Waals surface area contributed by atoms with E-state index in [2.05, 4.69) is 121 Å². The van der Waals surface area contributed by atoms with E-state index in [9.17, 15) is 0 Å². The van der Waals surface area contributed by atoms with E-state index in [0.29, 0.717) is 0 Å². The average molecular weight is 344 g/mol. The monoisotopic (exact) mass is 344 g/mol. The lowest BCUT2D eigenvalue weighted by molar-refractivity contribution is 0.814. The average Bonchev–Trinajstić information content (AvgIpc) is 3.12. The number of benzene rings is 4. The summed E-state index contributed by atoms with van der Waals surface area (Å²) in [5.41, 5.74) is 7.54. The van der Waals surface area contributed by atoms with Gasteiger partial charge in [0.05, 0.1) is 5.41 Å². The van der Waals surface area contributed by atoms with Crippen molar-refractivity contribution in [3.8, 4) is 0 Å². The van der Waals surface area contributed by atoms with Gasteiger partial charge in [-0.15, -0.1) is 0 Å². The Labute approximate surface area is 160 Å². The van der Waals surface area contributed by atoms with E-state index in [1.54, 1.807) is 0 Å². The predicted octanol–water partition coefficient (Wildman–Crippen LogP) is 6.58. The van der Waals surface area contributed by atoms with E-state index in [0.717, 1.165) is 0 Å². The molecule has 0 heteroatoms. The molecule has 5 rings (SSSR count). The highest BCUT2D eigenvalue weighted by Crippen LogP contribution is 2.54. The molecule has 0 unspecified atom stereocenters. The highest BCUT2D eigenvalue weighted by Gasteiger charge is 2.44. The van der Waals surface area contributed by atoms with Gasteiger partial charge in [-0.1, -0.05) is 115 Å². The Morgan fingerprint density at radius 2 is 0.926 bits per heavy atom. The van der Waals surface area contributed by atoms with Crippen LogP contribution in [0.25, 0.3) is 11.6 Å². The number of fused-ring (bicyclic) bond motifs is 1. The molecule has 128 valence electrons. The first-order valence-electron chi connectivity index (χ1n) is 9.39. The molecular formula is C27H20. The van der Waals surface area contributed by atoms with Gasteiger partial charge in [-0.3, -0.25) is 0 Å². The summed E-state index contributed by atoms with van der Waals surface area (Å²) in [5.74, 6) is 0. The molecule has 0 spiro atoms. The number of hydrogen-bond acceptors (Lipinski definition) is 0. The molecule has 0 atom stereocenters. The standard InChI is InChI=1S/C27H20/c1-4-12-21(13-5-1)26-20-22-14-10-11-19-25(22)27(26,23-15-6-2-7-16-23)24-17-8-3-9-18-24/h1-20H. The van der Waals surface area contributed by atoms with Crippen molar-refractivity contribution >= 4 is 11.6 Å². The van der Waals surface area contributed by atoms with Crippen LogP contribution >= 0.6 is 0 Å². The summed E-state index contributed by atoms with van der Waals surface area (Å²) >= 11 is 0. The molecule has 4 aromatic carbocycles. The van der Waals surface area contributed by atoms with E-state index < -0.39 is 0 Å². The SMILES string of the molecule is C1=C(c2ccccc2)C(c2ccccc2)(c2ccccc2)c2ccccc21. The van der Waals surface area contributed by atoms with E-state index in [1.165, 1.54) is 33.4 Å². The molecule has 0 heterocycles. The van der Waals surface area contributed by atoms with Gasteiger partial charge >= 0.3 is 0 Å². The van der Waals surface area contributed by atoms with E-state index in [1.807, 2.05) is 0 Å². The van der Waals surface area contributed by atoms with Crippen LogP contribution in [0.5, 0.6) is 0 Å². The highest BCUT2D eigenvalue weighted by atomic mass is 14.5. The second-order valence-electron chi connectivity index (χ2n) is 6.99. The van der Waals surface area contributed by atoms with Crippen LogP contribution < -0.4 is 0 Å². The molecule has 1 aliphatic carbocycles. The zero-order valence-corrected chi connectivity index (χ0v) is 15.0. The third kappa shape index (κ3) is 2.38. The minimum Gasteiger partial charge on any atom is -0.0622 e. The Hall–Kier alpha value is -3.38. The van der Waals surface area contributed by atoms with Crippen LogP contribution in [0.3, 0.4) is 0 Å². The molecule has 0 saturated carbocycles. The summed E-state index contributed by atoms with van der Waals surface area (Å²) < 4.78 is 0. The summed E-state index contributed by atoms with van der Waals surface area (Å²) in [6.07, 6.45) is 2.37. The van der Waals surface area contributed by atoms with Crippen LogP contribution in [0.15, 0.2) is 115 Å². The van der Waals surface area contributed by atoms with Gasteiger partial charge in [-0.2, -0.15) is 0 Å². The van der Waals surface area contributed by atoms with Crippen molar-refractivity contribution in [2.75, 3.05) is 0 Å². The normalized spacial score (nSPS) is 14.4.